The Morgan fingerprint density at radius 3 is 1.32 bits per heavy atom. The molecule has 0 radical (unpaired) electrons. The fourth-order valence-corrected chi connectivity index (χ4v) is 8.27. The third-order valence-corrected chi connectivity index (χ3v) is 11.2. The Balaban J connectivity index is 0.925. The maximum atomic E-state index is 6.15. The van der Waals surface area contributed by atoms with Crippen LogP contribution in [0.3, 0.4) is 0 Å². The van der Waals surface area contributed by atoms with Gasteiger partial charge in [-0.25, -0.2) is 4.98 Å². The molecule has 0 amide bonds. The summed E-state index contributed by atoms with van der Waals surface area (Å²) in [6, 6.07) is 74.5. The topological polar surface area (TPSA) is 32.5 Å². The highest BCUT2D eigenvalue weighted by Gasteiger charge is 2.16. The normalized spacial score (nSPS) is 11.2. The monoisotopic (exact) mass is 737 g/mol. The number of rotatable bonds is 9. The largest absolute Gasteiger partial charge is 0.456 e. The average molecular weight is 738 g/mol. The lowest BCUT2D eigenvalue weighted by Gasteiger charge is -2.26. The summed E-state index contributed by atoms with van der Waals surface area (Å²) in [6.07, 6.45) is 0. The van der Waals surface area contributed by atoms with Crippen LogP contribution in [0, 0.1) is 0 Å². The number of hydrogen-bond acceptors (Lipinski definition) is 5. The highest BCUT2D eigenvalue weighted by atomic mass is 32.1. The Morgan fingerprint density at radius 1 is 0.375 bits per heavy atom. The van der Waals surface area contributed by atoms with Crippen molar-refractivity contribution in [2.45, 2.75) is 0 Å². The smallest absolute Gasteiger partial charge is 0.135 e. The summed E-state index contributed by atoms with van der Waals surface area (Å²) >= 11 is 1.73. The molecule has 0 aliphatic rings. The first-order valence-corrected chi connectivity index (χ1v) is 19.5. The molecule has 0 fully saturated rings. The average Bonchev–Trinajstić information content (AvgIpc) is 3.91. The van der Waals surface area contributed by atoms with Crippen LogP contribution in [0.5, 0.6) is 0 Å². The summed E-state index contributed by atoms with van der Waals surface area (Å²) < 4.78 is 7.35. The lowest BCUT2D eigenvalue weighted by molar-refractivity contribution is 0.631. The van der Waals surface area contributed by atoms with Crippen molar-refractivity contribution in [3.63, 3.8) is 0 Å². The number of nitrogens with zero attached hydrogens (tertiary/aromatic N) is 3. The minimum Gasteiger partial charge on any atom is -0.456 e. The molecule has 5 heteroatoms. The Labute approximate surface area is 329 Å². The molecule has 2 heterocycles. The standard InChI is InChI=1S/C51H35N3OS/c1-3-12-41(13-4-1)53(45-31-23-38(24-32-45)49-35-40-11-7-9-17-48(40)55-49)43-27-19-36(20-28-43)37-21-29-44(30-22-37)54(42-14-5-2-6-15-42)46-33-25-39(26-34-46)51-52-47-16-8-10-18-50(47)56-51/h1-35H. The number of furan rings is 1. The van der Waals surface area contributed by atoms with Gasteiger partial charge in [-0.15, -0.1) is 11.3 Å². The lowest BCUT2D eigenvalue weighted by Crippen LogP contribution is -2.10. The maximum Gasteiger partial charge on any atom is 0.135 e. The van der Waals surface area contributed by atoms with Crippen molar-refractivity contribution in [1.29, 1.82) is 0 Å². The van der Waals surface area contributed by atoms with E-state index in [0.29, 0.717) is 0 Å². The van der Waals surface area contributed by atoms with Crippen LogP contribution < -0.4 is 9.80 Å². The van der Waals surface area contributed by atoms with Crippen molar-refractivity contribution >= 4 is 66.6 Å². The molecular formula is C51H35N3OS. The van der Waals surface area contributed by atoms with E-state index in [-0.39, 0.29) is 0 Å². The first-order valence-electron chi connectivity index (χ1n) is 18.7. The van der Waals surface area contributed by atoms with Crippen LogP contribution in [0.4, 0.5) is 34.1 Å². The second kappa shape index (κ2) is 14.6. The third-order valence-electron chi connectivity index (χ3n) is 10.1. The van der Waals surface area contributed by atoms with Crippen molar-refractivity contribution < 1.29 is 4.42 Å². The molecule has 0 saturated carbocycles. The van der Waals surface area contributed by atoms with Crippen molar-refractivity contribution in [1.82, 2.24) is 4.98 Å². The van der Waals surface area contributed by atoms with Crippen molar-refractivity contribution in [3.05, 3.63) is 212 Å². The van der Waals surface area contributed by atoms with Crippen LogP contribution in [0.25, 0.3) is 54.2 Å². The molecule has 0 bridgehead atoms. The van der Waals surface area contributed by atoms with Gasteiger partial charge in [-0.3, -0.25) is 0 Å². The highest BCUT2D eigenvalue weighted by molar-refractivity contribution is 7.21. The molecule has 56 heavy (non-hydrogen) atoms. The number of thiazole rings is 1. The van der Waals surface area contributed by atoms with Gasteiger partial charge in [-0.05, 0) is 132 Å². The van der Waals surface area contributed by atoms with E-state index in [0.717, 1.165) is 83.6 Å². The van der Waals surface area contributed by atoms with E-state index in [1.165, 1.54) is 4.70 Å². The second-order valence-electron chi connectivity index (χ2n) is 13.7. The Kier molecular flexibility index (Phi) is 8.67. The van der Waals surface area contributed by atoms with Crippen molar-refractivity contribution in [2.24, 2.45) is 0 Å². The number of aromatic nitrogens is 1. The minimum atomic E-state index is 0.866. The molecule has 0 aliphatic carbocycles. The Morgan fingerprint density at radius 2 is 0.804 bits per heavy atom. The van der Waals surface area contributed by atoms with Crippen LogP contribution >= 0.6 is 11.3 Å². The number of benzene rings is 8. The van der Waals surface area contributed by atoms with E-state index < -0.39 is 0 Å². The van der Waals surface area contributed by atoms with Gasteiger partial charge in [-0.1, -0.05) is 91.0 Å². The van der Waals surface area contributed by atoms with Gasteiger partial charge in [0.1, 0.15) is 16.4 Å². The van der Waals surface area contributed by atoms with Crippen LogP contribution in [0.1, 0.15) is 0 Å². The van der Waals surface area contributed by atoms with Crippen LogP contribution in [-0.2, 0) is 0 Å². The van der Waals surface area contributed by atoms with E-state index in [2.05, 4.69) is 198 Å². The molecule has 0 N–H and O–H groups in total. The van der Waals surface area contributed by atoms with Gasteiger partial charge in [0.25, 0.3) is 0 Å². The van der Waals surface area contributed by atoms with Crippen LogP contribution in [0.15, 0.2) is 217 Å². The predicted molar refractivity (Wildman–Crippen MR) is 235 cm³/mol. The summed E-state index contributed by atoms with van der Waals surface area (Å²) in [7, 11) is 0. The van der Waals surface area contributed by atoms with Crippen LogP contribution in [0.2, 0.25) is 0 Å². The molecule has 10 rings (SSSR count). The fourth-order valence-electron chi connectivity index (χ4n) is 7.30. The summed E-state index contributed by atoms with van der Waals surface area (Å²) in [5.74, 6) is 0.866. The molecule has 10 aromatic rings. The van der Waals surface area contributed by atoms with Gasteiger partial charge < -0.3 is 14.2 Å². The van der Waals surface area contributed by atoms with Crippen molar-refractivity contribution in [2.75, 3.05) is 9.80 Å². The van der Waals surface area contributed by atoms with E-state index >= 15 is 0 Å². The second-order valence-corrected chi connectivity index (χ2v) is 14.7. The molecular weight excluding hydrogens is 703 g/mol. The molecule has 2 aromatic heterocycles. The molecule has 0 spiro atoms. The Bertz CT molecular complexity index is 2610. The van der Waals surface area contributed by atoms with E-state index in [9.17, 15) is 0 Å². The molecule has 4 nitrogen and oxygen atoms in total. The molecule has 0 unspecified atom stereocenters. The summed E-state index contributed by atoms with van der Waals surface area (Å²) in [6.45, 7) is 0. The van der Waals surface area contributed by atoms with Gasteiger partial charge in [0.15, 0.2) is 0 Å². The summed E-state index contributed by atoms with van der Waals surface area (Å²) in [5, 5.41) is 2.13. The number of hydrogen-bond donors (Lipinski definition) is 0. The van der Waals surface area contributed by atoms with Gasteiger partial charge in [0.2, 0.25) is 0 Å². The quantitative estimate of drug-likeness (QED) is 0.148. The van der Waals surface area contributed by atoms with Gasteiger partial charge in [0.05, 0.1) is 10.2 Å². The van der Waals surface area contributed by atoms with Crippen molar-refractivity contribution in [3.8, 4) is 33.0 Å². The molecule has 266 valence electrons. The first-order chi connectivity index (χ1) is 27.7. The minimum absolute atomic E-state index is 0.866. The number of fused-ring (bicyclic) bond motifs is 2. The van der Waals surface area contributed by atoms with E-state index in [4.69, 9.17) is 9.40 Å². The molecule has 0 atom stereocenters. The first kappa shape index (κ1) is 33.4. The lowest BCUT2D eigenvalue weighted by atomic mass is 10.0. The molecule has 0 saturated heterocycles. The van der Waals surface area contributed by atoms with E-state index in [1.807, 2.05) is 24.3 Å². The van der Waals surface area contributed by atoms with Gasteiger partial charge in [-0.2, -0.15) is 0 Å². The fraction of sp³-hybridized carbons (Fsp3) is 0. The zero-order valence-corrected chi connectivity index (χ0v) is 31.2. The molecule has 8 aromatic carbocycles. The number of anilines is 6. The molecule has 0 aliphatic heterocycles. The summed E-state index contributed by atoms with van der Waals surface area (Å²) in [5.41, 5.74) is 12.9. The van der Waals surface area contributed by atoms with E-state index in [1.54, 1.807) is 11.3 Å². The predicted octanol–water partition coefficient (Wildman–Crippen LogP) is 15.0. The van der Waals surface area contributed by atoms with Gasteiger partial charge >= 0.3 is 0 Å². The maximum absolute atomic E-state index is 6.15. The van der Waals surface area contributed by atoms with Gasteiger partial charge in [0, 0.05) is 50.6 Å². The summed E-state index contributed by atoms with van der Waals surface area (Å²) in [4.78, 5) is 9.46. The zero-order chi connectivity index (χ0) is 37.3. The Hall–Kier alpha value is -7.21. The highest BCUT2D eigenvalue weighted by Crippen LogP contribution is 2.40. The SMILES string of the molecule is c1ccc(N(c2ccc(-c3ccc(N(c4ccccc4)c4ccc(-c5nc6ccccc6s5)cc4)cc3)cc2)c2ccc(-c3cc4ccccc4o3)cc2)cc1. The van der Waals surface area contributed by atoms with Crippen LogP contribution in [-0.4, -0.2) is 4.98 Å². The number of para-hydroxylation sites is 4. The zero-order valence-electron chi connectivity index (χ0n) is 30.4. The third kappa shape index (κ3) is 6.51.